The van der Waals surface area contributed by atoms with Gasteiger partial charge in [0.1, 0.15) is 31.0 Å². The molecule has 0 aliphatic heterocycles. The molecule has 292 valence electrons. The summed E-state index contributed by atoms with van der Waals surface area (Å²) < 4.78 is 33.3. The van der Waals surface area contributed by atoms with Crippen LogP contribution in [-0.2, 0) is 43.5 Å². The van der Waals surface area contributed by atoms with E-state index in [2.05, 4.69) is 50.6 Å². The Bertz CT molecular complexity index is 2210. The van der Waals surface area contributed by atoms with Crippen LogP contribution in [0.3, 0.4) is 0 Å². The molecule has 10 heteroatoms. The van der Waals surface area contributed by atoms with E-state index in [4.69, 9.17) is 28.4 Å². The van der Waals surface area contributed by atoms with Crippen molar-refractivity contribution < 1.29 is 47.6 Å². The number of ether oxygens (including phenoxy) is 6. The fourth-order valence-corrected chi connectivity index (χ4v) is 6.14. The molecule has 5 rings (SSSR count). The SMILES string of the molecule is C=C(C)C(=O)OC/C(=C\Oc1ccc(C2(c3ccc(OCC(COC(=O)C(=C)C)OC(=O)C(=C)C)cc3)c3ccccc3-c3ccccc32)cc1)OC(=O)C(=C)C. The van der Waals surface area contributed by atoms with Crippen LogP contribution in [0.5, 0.6) is 11.5 Å². The summed E-state index contributed by atoms with van der Waals surface area (Å²) in [6.45, 7) is 19.8. The molecule has 0 spiro atoms. The molecule has 4 aromatic carbocycles. The Morgan fingerprint density at radius 3 is 1.56 bits per heavy atom. The van der Waals surface area contributed by atoms with Gasteiger partial charge in [0.15, 0.2) is 18.5 Å². The Kier molecular flexibility index (Phi) is 13.1. The van der Waals surface area contributed by atoms with Crippen molar-refractivity contribution in [2.24, 2.45) is 0 Å². The van der Waals surface area contributed by atoms with E-state index in [0.29, 0.717) is 11.5 Å². The minimum Gasteiger partial charge on any atom is -0.490 e. The summed E-state index contributed by atoms with van der Waals surface area (Å²) in [6.07, 6.45) is 0.318. The summed E-state index contributed by atoms with van der Waals surface area (Å²) in [5.41, 5.74) is 6.25. The van der Waals surface area contributed by atoms with E-state index in [0.717, 1.165) is 33.4 Å². The number of benzene rings is 4. The summed E-state index contributed by atoms with van der Waals surface area (Å²) in [4.78, 5) is 48.7. The molecule has 1 aliphatic carbocycles. The van der Waals surface area contributed by atoms with E-state index in [9.17, 15) is 19.2 Å². The Labute approximate surface area is 332 Å². The minimum absolute atomic E-state index is 0.0349. The maximum Gasteiger partial charge on any atom is 0.338 e. The summed E-state index contributed by atoms with van der Waals surface area (Å²) in [5.74, 6) is -1.68. The molecule has 0 saturated heterocycles. The third kappa shape index (κ3) is 9.48. The quantitative estimate of drug-likeness (QED) is 0.0394. The second-order valence-corrected chi connectivity index (χ2v) is 13.6. The molecule has 0 saturated carbocycles. The highest BCUT2D eigenvalue weighted by Gasteiger charge is 2.45. The summed E-state index contributed by atoms with van der Waals surface area (Å²) in [7, 11) is 0. The Morgan fingerprint density at radius 1 is 0.579 bits per heavy atom. The molecule has 0 N–H and O–H groups in total. The van der Waals surface area contributed by atoms with Crippen LogP contribution in [0.15, 0.2) is 158 Å². The zero-order valence-corrected chi connectivity index (χ0v) is 32.4. The largest absolute Gasteiger partial charge is 0.490 e. The van der Waals surface area contributed by atoms with Gasteiger partial charge in [-0.25, -0.2) is 19.2 Å². The van der Waals surface area contributed by atoms with Gasteiger partial charge in [-0.3, -0.25) is 0 Å². The normalized spacial score (nSPS) is 12.8. The monoisotopic (exact) mass is 768 g/mol. The highest BCUT2D eigenvalue weighted by molar-refractivity contribution is 5.89. The highest BCUT2D eigenvalue weighted by atomic mass is 16.6. The van der Waals surface area contributed by atoms with Crippen molar-refractivity contribution in [1.29, 1.82) is 0 Å². The molecule has 0 fully saturated rings. The second kappa shape index (κ2) is 18.1. The molecule has 0 heterocycles. The first-order valence-electron chi connectivity index (χ1n) is 18.0. The van der Waals surface area contributed by atoms with Gasteiger partial charge in [0.05, 0.1) is 5.41 Å². The van der Waals surface area contributed by atoms with Gasteiger partial charge in [-0.1, -0.05) is 99.1 Å². The number of carbonyl (C=O) groups is 4. The van der Waals surface area contributed by atoms with Crippen LogP contribution in [0.4, 0.5) is 0 Å². The second-order valence-electron chi connectivity index (χ2n) is 13.6. The molecule has 4 aromatic rings. The smallest absolute Gasteiger partial charge is 0.338 e. The third-order valence-corrected chi connectivity index (χ3v) is 8.93. The van der Waals surface area contributed by atoms with Crippen molar-refractivity contribution in [3.8, 4) is 22.6 Å². The Morgan fingerprint density at radius 2 is 1.05 bits per heavy atom. The van der Waals surface area contributed by atoms with E-state index in [1.54, 1.807) is 12.1 Å². The summed E-state index contributed by atoms with van der Waals surface area (Å²) in [5, 5.41) is 0. The maximum absolute atomic E-state index is 12.3. The fourth-order valence-electron chi connectivity index (χ4n) is 6.14. The Balaban J connectivity index is 1.47. The number of carbonyl (C=O) groups excluding carboxylic acids is 4. The molecular formula is C47H44O10. The van der Waals surface area contributed by atoms with Crippen molar-refractivity contribution in [1.82, 2.24) is 0 Å². The van der Waals surface area contributed by atoms with Crippen LogP contribution < -0.4 is 9.47 Å². The molecule has 10 nitrogen and oxygen atoms in total. The number of rotatable bonds is 17. The van der Waals surface area contributed by atoms with E-state index < -0.39 is 35.4 Å². The van der Waals surface area contributed by atoms with Gasteiger partial charge in [0.25, 0.3) is 0 Å². The van der Waals surface area contributed by atoms with E-state index in [-0.39, 0.29) is 47.9 Å². The molecule has 0 aromatic heterocycles. The molecule has 1 aliphatic rings. The van der Waals surface area contributed by atoms with Crippen molar-refractivity contribution in [3.63, 3.8) is 0 Å². The van der Waals surface area contributed by atoms with Gasteiger partial charge in [-0.05, 0) is 85.3 Å². The molecular weight excluding hydrogens is 725 g/mol. The van der Waals surface area contributed by atoms with Gasteiger partial charge in [-0.2, -0.15) is 0 Å². The standard InChI is InChI=1S/C47H44O10/c1-29(2)43(48)54-27-37(56-45(50)31(5)6)25-52-35-21-17-33(18-22-35)47(41-15-11-9-13-39(41)40-14-10-12-16-42(40)47)34-19-23-36(24-20-34)53-26-38(57-46(51)32(7)8)28-55-44(49)30(3)4/h9-25,38H,1,3,5,7,26-28H2,2,4,6,8H3/b37-25+. The van der Waals surface area contributed by atoms with E-state index in [1.807, 2.05) is 60.7 Å². The summed E-state index contributed by atoms with van der Waals surface area (Å²) >= 11 is 0. The number of hydrogen-bond donors (Lipinski definition) is 0. The van der Waals surface area contributed by atoms with Crippen molar-refractivity contribution in [2.45, 2.75) is 39.2 Å². The lowest BCUT2D eigenvalue weighted by Crippen LogP contribution is -2.31. The number of esters is 4. The summed E-state index contributed by atoms with van der Waals surface area (Å²) in [6, 6.07) is 31.7. The van der Waals surface area contributed by atoms with Crippen LogP contribution in [0.2, 0.25) is 0 Å². The Hall–Kier alpha value is -6.94. The average Bonchev–Trinajstić information content (AvgIpc) is 3.50. The van der Waals surface area contributed by atoms with Crippen LogP contribution >= 0.6 is 0 Å². The number of hydrogen-bond acceptors (Lipinski definition) is 10. The molecule has 57 heavy (non-hydrogen) atoms. The first-order valence-corrected chi connectivity index (χ1v) is 18.0. The van der Waals surface area contributed by atoms with Gasteiger partial charge in [0.2, 0.25) is 0 Å². The van der Waals surface area contributed by atoms with Crippen molar-refractivity contribution in [3.05, 3.63) is 180 Å². The lowest BCUT2D eigenvalue weighted by Gasteiger charge is -2.34. The van der Waals surface area contributed by atoms with Crippen LogP contribution in [0, 0.1) is 0 Å². The van der Waals surface area contributed by atoms with Crippen LogP contribution in [-0.4, -0.2) is 49.8 Å². The maximum atomic E-state index is 12.3. The average molecular weight is 769 g/mol. The highest BCUT2D eigenvalue weighted by Crippen LogP contribution is 2.56. The van der Waals surface area contributed by atoms with E-state index >= 15 is 0 Å². The predicted octanol–water partition coefficient (Wildman–Crippen LogP) is 8.49. The molecule has 1 atom stereocenters. The fraction of sp³-hybridized carbons (Fsp3) is 0.191. The van der Waals surface area contributed by atoms with Crippen LogP contribution in [0.25, 0.3) is 11.1 Å². The first kappa shape index (κ1) is 41.2. The van der Waals surface area contributed by atoms with Gasteiger partial charge in [-0.15, -0.1) is 0 Å². The molecule has 1 unspecified atom stereocenters. The zero-order valence-electron chi connectivity index (χ0n) is 32.4. The van der Waals surface area contributed by atoms with Crippen molar-refractivity contribution in [2.75, 3.05) is 19.8 Å². The first-order chi connectivity index (χ1) is 27.2. The molecule has 0 radical (unpaired) electrons. The van der Waals surface area contributed by atoms with Gasteiger partial charge < -0.3 is 28.4 Å². The third-order valence-electron chi connectivity index (χ3n) is 8.93. The number of fused-ring (bicyclic) bond motifs is 3. The van der Waals surface area contributed by atoms with Crippen LogP contribution in [0.1, 0.15) is 49.9 Å². The topological polar surface area (TPSA) is 124 Å². The molecule has 0 amide bonds. The minimum atomic E-state index is -0.895. The molecule has 0 bridgehead atoms. The lowest BCUT2D eigenvalue weighted by molar-refractivity contribution is -0.155. The predicted molar refractivity (Wildman–Crippen MR) is 215 cm³/mol. The lowest BCUT2D eigenvalue weighted by atomic mass is 9.68. The van der Waals surface area contributed by atoms with E-state index in [1.165, 1.54) is 34.0 Å². The van der Waals surface area contributed by atoms with Gasteiger partial charge >= 0.3 is 23.9 Å². The zero-order chi connectivity index (χ0) is 41.3. The van der Waals surface area contributed by atoms with Gasteiger partial charge in [0, 0.05) is 22.3 Å². The van der Waals surface area contributed by atoms with Crippen molar-refractivity contribution >= 4 is 23.9 Å².